The Hall–Kier alpha value is -3.39. The molecule has 25 heavy (non-hydrogen) atoms. The van der Waals surface area contributed by atoms with Crippen LogP contribution in [0.5, 0.6) is 0 Å². The van der Waals surface area contributed by atoms with E-state index in [1.807, 2.05) is 0 Å². The maximum Gasteiger partial charge on any atom is 0.237 e. The van der Waals surface area contributed by atoms with E-state index in [0.717, 1.165) is 18.5 Å². The standard InChI is InChI=1S/C17H16N6O2/c18-10-12(11-19)20-21-14-6-5-13(22-7-1-3-16(22)24)9-15(14)23-8-2-4-17(23)25/h5-6,9,21H,1-4,7-8H2. The van der Waals surface area contributed by atoms with Crippen molar-refractivity contribution in [3.05, 3.63) is 18.2 Å². The molecule has 8 heteroatoms. The topological polar surface area (TPSA) is 113 Å². The highest BCUT2D eigenvalue weighted by atomic mass is 16.2. The lowest BCUT2D eigenvalue weighted by Crippen LogP contribution is -2.27. The predicted octanol–water partition coefficient (Wildman–Crippen LogP) is 1.76. The first-order valence-corrected chi connectivity index (χ1v) is 8.02. The van der Waals surface area contributed by atoms with Crippen molar-refractivity contribution in [2.24, 2.45) is 5.10 Å². The molecule has 0 aliphatic carbocycles. The number of nitrogens with one attached hydrogen (secondary N) is 1. The molecule has 1 N–H and O–H groups in total. The second kappa shape index (κ2) is 7.02. The first kappa shape index (κ1) is 16.5. The lowest BCUT2D eigenvalue weighted by atomic mass is 10.2. The van der Waals surface area contributed by atoms with Crippen molar-refractivity contribution in [2.75, 3.05) is 28.3 Å². The first-order chi connectivity index (χ1) is 12.1. The number of benzene rings is 1. The van der Waals surface area contributed by atoms with Gasteiger partial charge in [0.05, 0.1) is 11.4 Å². The van der Waals surface area contributed by atoms with Crippen molar-refractivity contribution in [3.8, 4) is 12.1 Å². The smallest absolute Gasteiger partial charge is 0.237 e. The Morgan fingerprint density at radius 2 is 1.68 bits per heavy atom. The SMILES string of the molecule is N#CC(C#N)=NNc1ccc(N2CCCC2=O)cc1N1CCCC1=O. The molecule has 2 aliphatic rings. The Kier molecular flexibility index (Phi) is 4.62. The van der Waals surface area contributed by atoms with Crippen LogP contribution in [0.4, 0.5) is 17.1 Å². The Balaban J connectivity index is 1.98. The molecule has 1 aromatic rings. The molecule has 2 saturated heterocycles. The maximum absolute atomic E-state index is 12.2. The van der Waals surface area contributed by atoms with Gasteiger partial charge in [-0.15, -0.1) is 0 Å². The van der Waals surface area contributed by atoms with Crippen molar-refractivity contribution in [3.63, 3.8) is 0 Å². The molecule has 2 amide bonds. The second-order valence-electron chi connectivity index (χ2n) is 5.80. The average Bonchev–Trinajstić information content (AvgIpc) is 3.24. The van der Waals surface area contributed by atoms with Gasteiger partial charge in [0.15, 0.2) is 0 Å². The number of hydrogen-bond acceptors (Lipinski definition) is 6. The van der Waals surface area contributed by atoms with E-state index < -0.39 is 0 Å². The summed E-state index contributed by atoms with van der Waals surface area (Å²) in [5, 5.41) is 21.3. The summed E-state index contributed by atoms with van der Waals surface area (Å²) in [5.41, 5.74) is 4.21. The number of hydrogen-bond donors (Lipinski definition) is 1. The fraction of sp³-hybridized carbons (Fsp3) is 0.353. The van der Waals surface area contributed by atoms with Gasteiger partial charge in [-0.2, -0.15) is 15.6 Å². The van der Waals surface area contributed by atoms with Gasteiger partial charge < -0.3 is 9.80 Å². The molecule has 8 nitrogen and oxygen atoms in total. The van der Waals surface area contributed by atoms with Crippen LogP contribution in [0.15, 0.2) is 23.3 Å². The van der Waals surface area contributed by atoms with Crippen LogP contribution in [-0.4, -0.2) is 30.6 Å². The van der Waals surface area contributed by atoms with E-state index in [2.05, 4.69) is 10.5 Å². The third-order valence-electron chi connectivity index (χ3n) is 4.23. The molecule has 0 atom stereocenters. The van der Waals surface area contributed by atoms with E-state index in [0.29, 0.717) is 37.3 Å². The zero-order valence-electron chi connectivity index (χ0n) is 13.5. The molecule has 2 heterocycles. The molecule has 0 saturated carbocycles. The quantitative estimate of drug-likeness (QED) is 0.665. The summed E-state index contributed by atoms with van der Waals surface area (Å²) in [6.45, 7) is 1.24. The van der Waals surface area contributed by atoms with Crippen LogP contribution in [-0.2, 0) is 9.59 Å². The number of nitriles is 2. The van der Waals surface area contributed by atoms with E-state index >= 15 is 0 Å². The Morgan fingerprint density at radius 1 is 1.04 bits per heavy atom. The number of amides is 2. The van der Waals surface area contributed by atoms with Crippen LogP contribution >= 0.6 is 0 Å². The molecule has 2 aliphatic heterocycles. The highest BCUT2D eigenvalue weighted by molar-refractivity contribution is 6.10. The van der Waals surface area contributed by atoms with Crippen molar-refractivity contribution in [1.29, 1.82) is 10.5 Å². The second-order valence-corrected chi connectivity index (χ2v) is 5.80. The average molecular weight is 336 g/mol. The van der Waals surface area contributed by atoms with Crippen molar-refractivity contribution >= 4 is 34.6 Å². The van der Waals surface area contributed by atoms with Gasteiger partial charge in [-0.3, -0.25) is 15.0 Å². The Labute approximate surface area is 144 Å². The third-order valence-corrected chi connectivity index (χ3v) is 4.23. The van der Waals surface area contributed by atoms with Crippen LogP contribution in [0.1, 0.15) is 25.7 Å². The zero-order valence-corrected chi connectivity index (χ0v) is 13.5. The summed E-state index contributed by atoms with van der Waals surface area (Å²) in [6, 6.07) is 8.60. The van der Waals surface area contributed by atoms with Gasteiger partial charge in [-0.05, 0) is 31.0 Å². The van der Waals surface area contributed by atoms with E-state index in [9.17, 15) is 9.59 Å². The van der Waals surface area contributed by atoms with Gasteiger partial charge >= 0.3 is 0 Å². The molecule has 0 spiro atoms. The molecular weight excluding hydrogens is 320 g/mol. The highest BCUT2D eigenvalue weighted by Crippen LogP contribution is 2.35. The molecule has 2 fully saturated rings. The normalized spacial score (nSPS) is 16.6. The van der Waals surface area contributed by atoms with E-state index in [4.69, 9.17) is 10.5 Å². The predicted molar refractivity (Wildman–Crippen MR) is 91.9 cm³/mol. The van der Waals surface area contributed by atoms with Crippen LogP contribution < -0.4 is 15.2 Å². The maximum atomic E-state index is 12.2. The van der Waals surface area contributed by atoms with Crippen LogP contribution in [0.25, 0.3) is 0 Å². The van der Waals surface area contributed by atoms with Crippen LogP contribution in [0.2, 0.25) is 0 Å². The van der Waals surface area contributed by atoms with Crippen LogP contribution in [0.3, 0.4) is 0 Å². The number of rotatable bonds is 4. The monoisotopic (exact) mass is 336 g/mol. The first-order valence-electron chi connectivity index (χ1n) is 8.02. The summed E-state index contributed by atoms with van der Waals surface area (Å²) in [4.78, 5) is 27.5. The van der Waals surface area contributed by atoms with Gasteiger partial charge in [-0.1, -0.05) is 0 Å². The number of carbonyl (C=O) groups is 2. The number of hydrazone groups is 1. The molecule has 126 valence electrons. The van der Waals surface area contributed by atoms with E-state index in [1.54, 1.807) is 40.1 Å². The number of carbonyl (C=O) groups excluding carboxylic acids is 2. The van der Waals surface area contributed by atoms with Gasteiger partial charge in [-0.25, -0.2) is 0 Å². The fourth-order valence-corrected chi connectivity index (χ4v) is 3.02. The lowest BCUT2D eigenvalue weighted by Gasteiger charge is -2.23. The fourth-order valence-electron chi connectivity index (χ4n) is 3.02. The van der Waals surface area contributed by atoms with Crippen LogP contribution in [0, 0.1) is 22.7 Å². The van der Waals surface area contributed by atoms with E-state index in [1.165, 1.54) is 0 Å². The molecule has 0 unspecified atom stereocenters. The molecule has 0 aromatic heterocycles. The van der Waals surface area contributed by atoms with Crippen molar-refractivity contribution in [1.82, 2.24) is 0 Å². The summed E-state index contributed by atoms with van der Waals surface area (Å²) >= 11 is 0. The molecule has 1 aromatic carbocycles. The molecule has 0 radical (unpaired) electrons. The van der Waals surface area contributed by atoms with E-state index in [-0.39, 0.29) is 17.5 Å². The van der Waals surface area contributed by atoms with Gasteiger partial charge in [0.2, 0.25) is 17.5 Å². The summed E-state index contributed by atoms with van der Waals surface area (Å²) in [6.07, 6.45) is 2.57. The zero-order chi connectivity index (χ0) is 17.8. The van der Waals surface area contributed by atoms with Gasteiger partial charge in [0.1, 0.15) is 12.1 Å². The summed E-state index contributed by atoms with van der Waals surface area (Å²) in [7, 11) is 0. The summed E-state index contributed by atoms with van der Waals surface area (Å²) in [5.74, 6) is 0.0615. The number of anilines is 3. The van der Waals surface area contributed by atoms with Crippen molar-refractivity contribution < 1.29 is 9.59 Å². The molecule has 0 bridgehead atoms. The minimum absolute atomic E-state index is 0.00211. The summed E-state index contributed by atoms with van der Waals surface area (Å²) < 4.78 is 0. The largest absolute Gasteiger partial charge is 0.312 e. The highest BCUT2D eigenvalue weighted by Gasteiger charge is 2.27. The van der Waals surface area contributed by atoms with Gasteiger partial charge in [0, 0.05) is 31.6 Å². The minimum atomic E-state index is -0.308. The Morgan fingerprint density at radius 3 is 2.24 bits per heavy atom. The third kappa shape index (κ3) is 3.29. The molecule has 3 rings (SSSR count). The molecular formula is C17H16N6O2. The minimum Gasteiger partial charge on any atom is -0.312 e. The van der Waals surface area contributed by atoms with Gasteiger partial charge in [0.25, 0.3) is 0 Å². The lowest BCUT2D eigenvalue weighted by molar-refractivity contribution is -0.117. The number of nitrogens with zero attached hydrogens (tertiary/aromatic N) is 5. The van der Waals surface area contributed by atoms with Crippen molar-refractivity contribution in [2.45, 2.75) is 25.7 Å². The Bertz CT molecular complexity index is 817.